The number of hydrogen-bond acceptors (Lipinski definition) is 5. The topological polar surface area (TPSA) is 81.2 Å². The van der Waals surface area contributed by atoms with Crippen LogP contribution in [0.25, 0.3) is 22.2 Å². The van der Waals surface area contributed by atoms with Crippen LogP contribution in [0.15, 0.2) is 48.7 Å². The summed E-state index contributed by atoms with van der Waals surface area (Å²) >= 11 is -2.21. The number of anilines is 1. The zero-order chi connectivity index (χ0) is 19.3. The van der Waals surface area contributed by atoms with E-state index in [0.717, 1.165) is 46.6 Å². The molecule has 1 aromatic heterocycles. The third-order valence-corrected chi connectivity index (χ3v) is 5.57. The van der Waals surface area contributed by atoms with Gasteiger partial charge in [0.15, 0.2) is 0 Å². The molecule has 0 saturated carbocycles. The van der Waals surface area contributed by atoms with E-state index in [-0.39, 0.29) is 0 Å². The molecule has 1 aliphatic heterocycles. The molecule has 1 fully saturated rings. The molecule has 3 aromatic rings. The Hall–Kier alpha value is -2.35. The van der Waals surface area contributed by atoms with Crippen molar-refractivity contribution < 1.29 is 8.76 Å². The van der Waals surface area contributed by atoms with E-state index in [1.165, 1.54) is 19.3 Å². The number of nitrogens with zero attached hydrogens (tertiary/aromatic N) is 3. The van der Waals surface area contributed by atoms with Crippen molar-refractivity contribution in [1.82, 2.24) is 14.7 Å². The highest BCUT2D eigenvalue weighted by Crippen LogP contribution is 2.25. The van der Waals surface area contributed by atoms with E-state index in [0.29, 0.717) is 13.0 Å². The Bertz CT molecular complexity index is 972. The van der Waals surface area contributed by atoms with Crippen LogP contribution in [0.5, 0.6) is 0 Å². The van der Waals surface area contributed by atoms with Crippen LogP contribution in [0, 0.1) is 0 Å². The summed E-state index contributed by atoms with van der Waals surface area (Å²) in [6.45, 7) is 2.51. The molecule has 2 heterocycles. The Morgan fingerprint density at radius 3 is 2.50 bits per heavy atom. The van der Waals surface area contributed by atoms with Gasteiger partial charge in [-0.05, 0) is 54.5 Å². The fraction of sp³-hybridized carbons (Fsp3) is 0.333. The molecule has 1 saturated heterocycles. The van der Waals surface area contributed by atoms with E-state index >= 15 is 0 Å². The van der Waals surface area contributed by atoms with E-state index < -0.39 is 11.3 Å². The number of benzene rings is 2. The lowest BCUT2D eigenvalue weighted by molar-refractivity contribution is 0.523. The summed E-state index contributed by atoms with van der Waals surface area (Å²) in [5.41, 5.74) is 5.11. The van der Waals surface area contributed by atoms with Crippen molar-refractivity contribution >= 4 is 28.1 Å². The standard InChI is InChI=1S/C21H24N4O2S/c26-28(27)23-11-10-16-4-6-17(7-5-16)18-8-9-19-20(14-18)24-21(15-22-19)25-12-2-1-3-13-25/h4-9,14-15,23H,1-3,10-13H2,(H,26,27)/p-1. The first-order valence-electron chi connectivity index (χ1n) is 9.63. The Labute approximate surface area is 167 Å². The number of nitrogens with one attached hydrogen (secondary N) is 1. The van der Waals surface area contributed by atoms with Crippen LogP contribution in [0.3, 0.4) is 0 Å². The molecular formula is C21H23N4O2S-. The Balaban J connectivity index is 1.53. The predicted octanol–water partition coefficient (Wildman–Crippen LogP) is 3.21. The lowest BCUT2D eigenvalue weighted by Gasteiger charge is -2.27. The van der Waals surface area contributed by atoms with E-state index in [1.54, 1.807) is 0 Å². The number of hydrogen-bond donors (Lipinski definition) is 1. The highest BCUT2D eigenvalue weighted by molar-refractivity contribution is 7.77. The quantitative estimate of drug-likeness (QED) is 0.648. The van der Waals surface area contributed by atoms with Crippen molar-refractivity contribution in [2.75, 3.05) is 24.5 Å². The number of aromatic nitrogens is 2. The molecule has 0 aliphatic carbocycles. The van der Waals surface area contributed by atoms with Crippen molar-refractivity contribution in [3.05, 3.63) is 54.2 Å². The monoisotopic (exact) mass is 395 g/mol. The van der Waals surface area contributed by atoms with Gasteiger partial charge in [-0.3, -0.25) is 9.19 Å². The summed E-state index contributed by atoms with van der Waals surface area (Å²) in [5.74, 6) is 0.961. The zero-order valence-electron chi connectivity index (χ0n) is 15.6. The lowest BCUT2D eigenvalue weighted by atomic mass is 10.0. The van der Waals surface area contributed by atoms with Crippen molar-refractivity contribution in [3.8, 4) is 11.1 Å². The average molecular weight is 396 g/mol. The van der Waals surface area contributed by atoms with Crippen molar-refractivity contribution in [2.24, 2.45) is 0 Å². The van der Waals surface area contributed by atoms with Crippen LogP contribution in [0.4, 0.5) is 5.82 Å². The SMILES string of the molecule is O=S([O-])NCCc1ccc(-c2ccc3ncc(N4CCCCC4)nc3c2)cc1. The second-order valence-electron chi connectivity index (χ2n) is 7.06. The maximum absolute atomic E-state index is 10.5. The minimum atomic E-state index is -2.21. The van der Waals surface area contributed by atoms with Gasteiger partial charge in [0, 0.05) is 30.9 Å². The van der Waals surface area contributed by atoms with Gasteiger partial charge < -0.3 is 9.45 Å². The van der Waals surface area contributed by atoms with Crippen LogP contribution < -0.4 is 9.62 Å². The number of rotatable bonds is 6. The van der Waals surface area contributed by atoms with Gasteiger partial charge in [-0.25, -0.2) is 9.71 Å². The molecule has 0 amide bonds. The lowest BCUT2D eigenvalue weighted by Crippen LogP contribution is -2.30. The second-order valence-corrected chi connectivity index (χ2v) is 7.81. The Morgan fingerprint density at radius 1 is 1.00 bits per heavy atom. The number of fused-ring (bicyclic) bond motifs is 1. The third-order valence-electron chi connectivity index (χ3n) is 5.13. The van der Waals surface area contributed by atoms with Crippen LogP contribution in [-0.4, -0.2) is 38.4 Å². The Morgan fingerprint density at radius 2 is 1.75 bits per heavy atom. The zero-order valence-corrected chi connectivity index (χ0v) is 16.5. The first kappa shape index (κ1) is 19.0. The first-order valence-corrected chi connectivity index (χ1v) is 10.7. The molecule has 28 heavy (non-hydrogen) atoms. The molecule has 1 unspecified atom stereocenters. The van der Waals surface area contributed by atoms with Gasteiger partial charge in [0.2, 0.25) is 0 Å². The summed E-state index contributed by atoms with van der Waals surface area (Å²) in [4.78, 5) is 11.8. The summed E-state index contributed by atoms with van der Waals surface area (Å²) in [7, 11) is 0. The fourth-order valence-electron chi connectivity index (χ4n) is 3.60. The van der Waals surface area contributed by atoms with Gasteiger partial charge in [0.25, 0.3) is 0 Å². The smallest absolute Gasteiger partial charge is 0.147 e. The van der Waals surface area contributed by atoms with Gasteiger partial charge >= 0.3 is 0 Å². The van der Waals surface area contributed by atoms with Crippen LogP contribution in [0.2, 0.25) is 0 Å². The van der Waals surface area contributed by atoms with Crippen molar-refractivity contribution in [3.63, 3.8) is 0 Å². The molecule has 0 spiro atoms. The molecule has 146 valence electrons. The van der Waals surface area contributed by atoms with E-state index in [4.69, 9.17) is 4.98 Å². The predicted molar refractivity (Wildman–Crippen MR) is 112 cm³/mol. The molecule has 0 bridgehead atoms. The van der Waals surface area contributed by atoms with Crippen molar-refractivity contribution in [1.29, 1.82) is 0 Å². The van der Waals surface area contributed by atoms with E-state index in [9.17, 15) is 8.76 Å². The van der Waals surface area contributed by atoms with Crippen molar-refractivity contribution in [2.45, 2.75) is 25.7 Å². The molecule has 0 radical (unpaired) electrons. The molecule has 2 aromatic carbocycles. The molecule has 6 nitrogen and oxygen atoms in total. The summed E-state index contributed by atoms with van der Waals surface area (Å²) in [5, 5.41) is 0. The normalized spacial score (nSPS) is 15.7. The van der Waals surface area contributed by atoms with Gasteiger partial charge in [-0.2, -0.15) is 0 Å². The minimum Gasteiger partial charge on any atom is -0.760 e. The first-order chi connectivity index (χ1) is 13.7. The Kier molecular flexibility index (Phi) is 5.95. The highest BCUT2D eigenvalue weighted by atomic mass is 32.2. The van der Waals surface area contributed by atoms with E-state index in [2.05, 4.69) is 38.9 Å². The largest absolute Gasteiger partial charge is 0.760 e. The highest BCUT2D eigenvalue weighted by Gasteiger charge is 2.13. The third kappa shape index (κ3) is 4.55. The second kappa shape index (κ2) is 8.77. The minimum absolute atomic E-state index is 0.403. The molecule has 1 aliphatic rings. The van der Waals surface area contributed by atoms with Gasteiger partial charge in [0.1, 0.15) is 5.82 Å². The van der Waals surface area contributed by atoms with Gasteiger partial charge in [0.05, 0.1) is 17.2 Å². The molecule has 1 atom stereocenters. The average Bonchev–Trinajstić information content (AvgIpc) is 2.74. The maximum Gasteiger partial charge on any atom is 0.147 e. The maximum atomic E-state index is 10.5. The van der Waals surface area contributed by atoms with Gasteiger partial charge in [-0.1, -0.05) is 30.3 Å². The van der Waals surface area contributed by atoms with E-state index in [1.807, 2.05) is 24.4 Å². The van der Waals surface area contributed by atoms with Crippen LogP contribution in [-0.2, 0) is 17.7 Å². The summed E-state index contributed by atoms with van der Waals surface area (Å²) in [6, 6.07) is 14.4. The molecule has 1 N–H and O–H groups in total. The van der Waals surface area contributed by atoms with Gasteiger partial charge in [-0.15, -0.1) is 0 Å². The fourth-order valence-corrected chi connectivity index (χ4v) is 3.87. The number of piperidine rings is 1. The van der Waals surface area contributed by atoms with Crippen LogP contribution in [0.1, 0.15) is 24.8 Å². The van der Waals surface area contributed by atoms with Crippen LogP contribution >= 0.6 is 0 Å². The molecule has 4 rings (SSSR count). The summed E-state index contributed by atoms with van der Waals surface area (Å²) < 4.78 is 23.5. The molecule has 7 heteroatoms. The molecular weight excluding hydrogens is 372 g/mol. The summed E-state index contributed by atoms with van der Waals surface area (Å²) in [6.07, 6.45) is 6.27.